The van der Waals surface area contributed by atoms with E-state index < -0.39 is 0 Å². The summed E-state index contributed by atoms with van der Waals surface area (Å²) >= 11 is 7.17. The summed E-state index contributed by atoms with van der Waals surface area (Å²) in [6.45, 7) is 7.31. The zero-order valence-electron chi connectivity index (χ0n) is 10.8. The molecule has 2 heterocycles. The molecule has 2 aromatic heterocycles. The molecule has 1 N–H and O–H groups in total. The Bertz CT molecular complexity index is 499. The van der Waals surface area contributed by atoms with Gasteiger partial charge in [0.2, 0.25) is 0 Å². The van der Waals surface area contributed by atoms with Gasteiger partial charge in [0.25, 0.3) is 0 Å². The zero-order valence-corrected chi connectivity index (χ0v) is 14.0. The summed E-state index contributed by atoms with van der Waals surface area (Å²) < 4.78 is 1.23. The van der Waals surface area contributed by atoms with Crippen molar-refractivity contribution in [2.75, 3.05) is 6.54 Å². The summed E-state index contributed by atoms with van der Waals surface area (Å²) in [5, 5.41) is 6.88. The van der Waals surface area contributed by atoms with E-state index in [1.807, 2.05) is 18.3 Å². The summed E-state index contributed by atoms with van der Waals surface area (Å²) in [5.41, 5.74) is 2.43. The van der Waals surface area contributed by atoms with E-state index in [0.717, 1.165) is 18.7 Å². The Kier molecular flexibility index (Phi) is 4.95. The van der Waals surface area contributed by atoms with Gasteiger partial charge in [0.15, 0.2) is 0 Å². The molecule has 0 fully saturated rings. The van der Waals surface area contributed by atoms with Crippen molar-refractivity contribution in [3.63, 3.8) is 0 Å². The number of hydrogen-bond acceptors (Lipinski definition) is 4. The number of halogens is 1. The minimum absolute atomic E-state index is 0.371. The standard InChI is InChI=1S/C13H17BrN2S2/c1-4-15-10(6-12-16-9(3)7-17-12)11-5-8(2)13(14)18-11/h5,7,10,15H,4,6H2,1-3H3. The van der Waals surface area contributed by atoms with Crippen LogP contribution in [-0.4, -0.2) is 11.5 Å². The number of rotatable bonds is 5. The van der Waals surface area contributed by atoms with Crippen LogP contribution in [0.5, 0.6) is 0 Å². The van der Waals surface area contributed by atoms with Crippen molar-refractivity contribution in [2.24, 2.45) is 0 Å². The van der Waals surface area contributed by atoms with Crippen molar-refractivity contribution in [3.05, 3.63) is 36.4 Å². The number of thiazole rings is 1. The maximum atomic E-state index is 4.56. The van der Waals surface area contributed by atoms with E-state index in [1.165, 1.54) is 19.2 Å². The molecule has 0 aromatic carbocycles. The average Bonchev–Trinajstić information content (AvgIpc) is 2.86. The molecule has 0 amide bonds. The summed E-state index contributed by atoms with van der Waals surface area (Å²) in [7, 11) is 0. The van der Waals surface area contributed by atoms with Crippen LogP contribution < -0.4 is 5.32 Å². The first-order chi connectivity index (χ1) is 8.60. The molecule has 1 atom stereocenters. The first kappa shape index (κ1) is 14.2. The Morgan fingerprint density at radius 1 is 1.44 bits per heavy atom. The molecule has 5 heteroatoms. The first-order valence-corrected chi connectivity index (χ1v) is 8.49. The fraction of sp³-hybridized carbons (Fsp3) is 0.462. The molecule has 0 aliphatic heterocycles. The smallest absolute Gasteiger partial charge is 0.0947 e. The number of thiophene rings is 1. The van der Waals surface area contributed by atoms with Gasteiger partial charge >= 0.3 is 0 Å². The molecule has 18 heavy (non-hydrogen) atoms. The van der Waals surface area contributed by atoms with Crippen molar-refractivity contribution in [1.82, 2.24) is 10.3 Å². The number of aromatic nitrogens is 1. The van der Waals surface area contributed by atoms with Crippen molar-refractivity contribution >= 4 is 38.6 Å². The van der Waals surface area contributed by atoms with E-state index in [-0.39, 0.29) is 0 Å². The Labute approximate surface area is 125 Å². The third kappa shape index (κ3) is 3.41. The van der Waals surface area contributed by atoms with Gasteiger partial charge in [-0.3, -0.25) is 0 Å². The third-order valence-electron chi connectivity index (χ3n) is 2.72. The van der Waals surface area contributed by atoms with Gasteiger partial charge < -0.3 is 5.32 Å². The Morgan fingerprint density at radius 3 is 2.72 bits per heavy atom. The van der Waals surface area contributed by atoms with E-state index in [0.29, 0.717) is 6.04 Å². The Morgan fingerprint density at radius 2 is 2.22 bits per heavy atom. The van der Waals surface area contributed by atoms with E-state index in [1.54, 1.807) is 11.3 Å². The molecule has 2 rings (SSSR count). The predicted molar refractivity (Wildman–Crippen MR) is 83.7 cm³/mol. The molecule has 1 unspecified atom stereocenters. The van der Waals surface area contributed by atoms with Gasteiger partial charge in [-0.15, -0.1) is 22.7 Å². The topological polar surface area (TPSA) is 24.9 Å². The van der Waals surface area contributed by atoms with Crippen LogP contribution in [0, 0.1) is 13.8 Å². The molecule has 0 spiro atoms. The molecular weight excluding hydrogens is 328 g/mol. The van der Waals surface area contributed by atoms with Gasteiger partial charge in [0, 0.05) is 28.4 Å². The van der Waals surface area contributed by atoms with Gasteiger partial charge in [-0.1, -0.05) is 6.92 Å². The largest absolute Gasteiger partial charge is 0.309 e. The summed E-state index contributed by atoms with van der Waals surface area (Å²) in [6.07, 6.45) is 0.971. The van der Waals surface area contributed by atoms with Crippen LogP contribution in [0.3, 0.4) is 0 Å². The molecule has 0 saturated carbocycles. The molecule has 0 aliphatic carbocycles. The summed E-state index contributed by atoms with van der Waals surface area (Å²) in [4.78, 5) is 5.94. The summed E-state index contributed by atoms with van der Waals surface area (Å²) in [5.74, 6) is 0. The van der Waals surface area contributed by atoms with Crippen molar-refractivity contribution in [2.45, 2.75) is 33.2 Å². The second kappa shape index (κ2) is 6.28. The van der Waals surface area contributed by atoms with Crippen LogP contribution in [-0.2, 0) is 6.42 Å². The molecule has 0 saturated heterocycles. The van der Waals surface area contributed by atoms with Crippen LogP contribution in [0.15, 0.2) is 15.2 Å². The maximum absolute atomic E-state index is 4.56. The SMILES string of the molecule is CCNC(Cc1nc(C)cs1)c1cc(C)c(Br)s1. The molecule has 2 aromatic rings. The molecule has 0 aliphatic rings. The highest BCUT2D eigenvalue weighted by atomic mass is 79.9. The predicted octanol–water partition coefficient (Wildman–Crippen LogP) is 4.48. The van der Waals surface area contributed by atoms with Crippen LogP contribution in [0.25, 0.3) is 0 Å². The van der Waals surface area contributed by atoms with Gasteiger partial charge in [-0.05, 0) is 48.0 Å². The van der Waals surface area contributed by atoms with Crippen molar-refractivity contribution in [3.8, 4) is 0 Å². The first-order valence-electron chi connectivity index (χ1n) is 6.00. The Balaban J connectivity index is 2.17. The molecule has 2 nitrogen and oxygen atoms in total. The molecular formula is C13H17BrN2S2. The monoisotopic (exact) mass is 344 g/mol. The second-order valence-electron chi connectivity index (χ2n) is 4.30. The van der Waals surface area contributed by atoms with Gasteiger partial charge in [-0.25, -0.2) is 4.98 Å². The lowest BCUT2D eigenvalue weighted by Gasteiger charge is -2.14. The normalized spacial score (nSPS) is 12.9. The minimum atomic E-state index is 0.371. The number of likely N-dealkylation sites (N-methyl/N-ethyl adjacent to an activating group) is 1. The molecule has 0 bridgehead atoms. The van der Waals surface area contributed by atoms with E-state index in [9.17, 15) is 0 Å². The third-order valence-corrected chi connectivity index (χ3v) is 5.95. The fourth-order valence-corrected chi connectivity index (χ4v) is 4.31. The number of nitrogens with one attached hydrogen (secondary N) is 1. The van der Waals surface area contributed by atoms with Crippen LogP contribution in [0.1, 0.15) is 34.1 Å². The Hall–Kier alpha value is -0.230. The average molecular weight is 345 g/mol. The fourth-order valence-electron chi connectivity index (χ4n) is 1.85. The lowest BCUT2D eigenvalue weighted by molar-refractivity contribution is 0.556. The molecule has 0 radical (unpaired) electrons. The van der Waals surface area contributed by atoms with E-state index >= 15 is 0 Å². The summed E-state index contributed by atoms with van der Waals surface area (Å²) in [6, 6.07) is 2.64. The van der Waals surface area contributed by atoms with Crippen LogP contribution >= 0.6 is 38.6 Å². The number of nitrogens with zero attached hydrogens (tertiary/aromatic N) is 1. The molecule has 98 valence electrons. The quantitative estimate of drug-likeness (QED) is 0.864. The van der Waals surface area contributed by atoms with Gasteiger partial charge in [0.05, 0.1) is 8.79 Å². The highest BCUT2D eigenvalue weighted by molar-refractivity contribution is 9.11. The van der Waals surface area contributed by atoms with E-state index in [2.05, 4.69) is 51.5 Å². The van der Waals surface area contributed by atoms with Crippen molar-refractivity contribution in [1.29, 1.82) is 0 Å². The van der Waals surface area contributed by atoms with Crippen LogP contribution in [0.4, 0.5) is 0 Å². The number of hydrogen-bond donors (Lipinski definition) is 1. The highest BCUT2D eigenvalue weighted by Crippen LogP contribution is 2.33. The van der Waals surface area contributed by atoms with Crippen LogP contribution in [0.2, 0.25) is 0 Å². The lowest BCUT2D eigenvalue weighted by Crippen LogP contribution is -2.22. The van der Waals surface area contributed by atoms with Gasteiger partial charge in [0.1, 0.15) is 0 Å². The maximum Gasteiger partial charge on any atom is 0.0947 e. The zero-order chi connectivity index (χ0) is 13.1. The van der Waals surface area contributed by atoms with Crippen molar-refractivity contribution < 1.29 is 0 Å². The van der Waals surface area contributed by atoms with E-state index in [4.69, 9.17) is 0 Å². The van der Waals surface area contributed by atoms with Gasteiger partial charge in [-0.2, -0.15) is 0 Å². The minimum Gasteiger partial charge on any atom is -0.309 e. The number of aryl methyl sites for hydroxylation is 2. The second-order valence-corrected chi connectivity index (χ2v) is 7.65. The lowest BCUT2D eigenvalue weighted by atomic mass is 10.1. The highest BCUT2D eigenvalue weighted by Gasteiger charge is 2.16.